The van der Waals surface area contributed by atoms with Crippen LogP contribution in [-0.4, -0.2) is 28.5 Å². The van der Waals surface area contributed by atoms with Gasteiger partial charge >= 0.3 is 0 Å². The first-order valence-electron chi connectivity index (χ1n) is 6.72. The molecule has 1 aliphatic carbocycles. The number of nitrogens with one attached hydrogen (secondary N) is 2. The minimum Gasteiger partial charge on any atom is -0.322 e. The SMILES string of the molecule is O=C(CNC1CC1)Nc1cnc(-c2ccccc2)nc1. The molecule has 1 amide bonds. The van der Waals surface area contributed by atoms with E-state index in [2.05, 4.69) is 20.6 Å². The summed E-state index contributed by atoms with van der Waals surface area (Å²) in [7, 11) is 0. The maximum absolute atomic E-state index is 11.7. The summed E-state index contributed by atoms with van der Waals surface area (Å²) < 4.78 is 0. The molecule has 0 bridgehead atoms. The molecule has 2 aromatic rings. The van der Waals surface area contributed by atoms with E-state index >= 15 is 0 Å². The predicted octanol–water partition coefficient (Wildman–Crippen LogP) is 1.83. The van der Waals surface area contributed by atoms with E-state index in [1.54, 1.807) is 12.4 Å². The van der Waals surface area contributed by atoms with Gasteiger partial charge in [0.2, 0.25) is 5.91 Å². The van der Waals surface area contributed by atoms with E-state index in [1.807, 2.05) is 30.3 Å². The molecule has 0 unspecified atom stereocenters. The molecule has 1 aromatic carbocycles. The van der Waals surface area contributed by atoms with Crippen LogP contribution in [0, 0.1) is 0 Å². The zero-order valence-electron chi connectivity index (χ0n) is 11.0. The lowest BCUT2D eigenvalue weighted by atomic mass is 10.2. The van der Waals surface area contributed by atoms with Crippen LogP contribution in [0.4, 0.5) is 5.69 Å². The van der Waals surface area contributed by atoms with Gasteiger partial charge in [-0.3, -0.25) is 4.79 Å². The van der Waals surface area contributed by atoms with Gasteiger partial charge in [0, 0.05) is 11.6 Å². The van der Waals surface area contributed by atoms with E-state index in [0.29, 0.717) is 24.1 Å². The van der Waals surface area contributed by atoms with Crippen LogP contribution in [0.3, 0.4) is 0 Å². The van der Waals surface area contributed by atoms with Crippen LogP contribution in [0.15, 0.2) is 42.7 Å². The number of hydrogen-bond acceptors (Lipinski definition) is 4. The molecular weight excluding hydrogens is 252 g/mol. The summed E-state index contributed by atoms with van der Waals surface area (Å²) in [4.78, 5) is 20.2. The van der Waals surface area contributed by atoms with Crippen molar-refractivity contribution in [2.24, 2.45) is 0 Å². The first-order chi connectivity index (χ1) is 9.81. The molecular formula is C15H16N4O. The van der Waals surface area contributed by atoms with E-state index in [1.165, 1.54) is 12.8 Å². The van der Waals surface area contributed by atoms with Gasteiger partial charge in [0.05, 0.1) is 24.6 Å². The smallest absolute Gasteiger partial charge is 0.238 e. The summed E-state index contributed by atoms with van der Waals surface area (Å²) in [5, 5.41) is 5.94. The van der Waals surface area contributed by atoms with Crippen molar-refractivity contribution in [3.63, 3.8) is 0 Å². The van der Waals surface area contributed by atoms with Crippen molar-refractivity contribution in [3.8, 4) is 11.4 Å². The summed E-state index contributed by atoms with van der Waals surface area (Å²) in [5.41, 5.74) is 1.58. The Balaban J connectivity index is 1.59. The zero-order valence-corrected chi connectivity index (χ0v) is 11.0. The number of rotatable bonds is 5. The van der Waals surface area contributed by atoms with Gasteiger partial charge in [-0.05, 0) is 12.8 Å². The van der Waals surface area contributed by atoms with Crippen molar-refractivity contribution >= 4 is 11.6 Å². The molecule has 1 saturated carbocycles. The van der Waals surface area contributed by atoms with Crippen molar-refractivity contribution in [2.75, 3.05) is 11.9 Å². The van der Waals surface area contributed by atoms with E-state index in [4.69, 9.17) is 0 Å². The van der Waals surface area contributed by atoms with Crippen LogP contribution in [0.5, 0.6) is 0 Å². The lowest BCUT2D eigenvalue weighted by Gasteiger charge is -2.06. The number of amides is 1. The van der Waals surface area contributed by atoms with Crippen LogP contribution in [0.25, 0.3) is 11.4 Å². The highest BCUT2D eigenvalue weighted by molar-refractivity contribution is 5.92. The molecule has 5 nitrogen and oxygen atoms in total. The zero-order chi connectivity index (χ0) is 13.8. The van der Waals surface area contributed by atoms with Crippen molar-refractivity contribution in [2.45, 2.75) is 18.9 Å². The largest absolute Gasteiger partial charge is 0.322 e. The molecule has 1 heterocycles. The number of hydrogen-bond donors (Lipinski definition) is 2. The second-order valence-corrected chi connectivity index (χ2v) is 4.86. The Morgan fingerprint density at radius 3 is 2.50 bits per heavy atom. The lowest BCUT2D eigenvalue weighted by molar-refractivity contribution is -0.115. The number of nitrogens with zero attached hydrogens (tertiary/aromatic N) is 2. The van der Waals surface area contributed by atoms with Gasteiger partial charge in [0.25, 0.3) is 0 Å². The monoisotopic (exact) mass is 268 g/mol. The van der Waals surface area contributed by atoms with Gasteiger partial charge in [0.15, 0.2) is 5.82 Å². The summed E-state index contributed by atoms with van der Waals surface area (Å²) in [6.45, 7) is 0.338. The molecule has 0 atom stereocenters. The third-order valence-electron chi connectivity index (χ3n) is 3.10. The predicted molar refractivity (Wildman–Crippen MR) is 77.1 cm³/mol. The average Bonchev–Trinajstić information content (AvgIpc) is 3.31. The third kappa shape index (κ3) is 3.39. The van der Waals surface area contributed by atoms with Gasteiger partial charge < -0.3 is 10.6 Å². The molecule has 102 valence electrons. The summed E-state index contributed by atoms with van der Waals surface area (Å²) in [6.07, 6.45) is 5.60. The van der Waals surface area contributed by atoms with Crippen molar-refractivity contribution < 1.29 is 4.79 Å². The maximum Gasteiger partial charge on any atom is 0.238 e. The molecule has 1 fully saturated rings. The van der Waals surface area contributed by atoms with Crippen LogP contribution in [0.2, 0.25) is 0 Å². The number of benzene rings is 1. The standard InChI is InChI=1S/C15H16N4O/c20-14(10-16-12-6-7-12)19-13-8-17-15(18-9-13)11-4-2-1-3-5-11/h1-5,8-9,12,16H,6-7,10H2,(H,19,20). The van der Waals surface area contributed by atoms with Gasteiger partial charge in [-0.25, -0.2) is 9.97 Å². The van der Waals surface area contributed by atoms with E-state index in [-0.39, 0.29) is 5.91 Å². The Hall–Kier alpha value is -2.27. The number of anilines is 1. The molecule has 1 aromatic heterocycles. The third-order valence-corrected chi connectivity index (χ3v) is 3.10. The quantitative estimate of drug-likeness (QED) is 0.868. The fourth-order valence-electron chi connectivity index (χ4n) is 1.86. The highest BCUT2D eigenvalue weighted by Crippen LogP contribution is 2.18. The summed E-state index contributed by atoms with van der Waals surface area (Å²) in [6, 6.07) is 10.3. The molecule has 5 heteroatoms. The van der Waals surface area contributed by atoms with E-state index < -0.39 is 0 Å². The molecule has 0 aliphatic heterocycles. The number of carbonyl (C=O) groups excluding carboxylic acids is 1. The summed E-state index contributed by atoms with van der Waals surface area (Å²) >= 11 is 0. The molecule has 3 rings (SSSR count). The van der Waals surface area contributed by atoms with Crippen LogP contribution in [-0.2, 0) is 4.79 Å². The van der Waals surface area contributed by atoms with E-state index in [0.717, 1.165) is 5.56 Å². The molecule has 0 saturated heterocycles. The fourth-order valence-corrected chi connectivity index (χ4v) is 1.86. The Kier molecular flexibility index (Phi) is 3.69. The molecule has 2 N–H and O–H groups in total. The molecule has 0 radical (unpaired) electrons. The second kappa shape index (κ2) is 5.79. The Morgan fingerprint density at radius 2 is 1.85 bits per heavy atom. The van der Waals surface area contributed by atoms with E-state index in [9.17, 15) is 4.79 Å². The van der Waals surface area contributed by atoms with Crippen molar-refractivity contribution in [1.29, 1.82) is 0 Å². The Labute approximate surface area is 117 Å². The first-order valence-corrected chi connectivity index (χ1v) is 6.72. The minimum absolute atomic E-state index is 0.0621. The van der Waals surface area contributed by atoms with Crippen LogP contribution in [0.1, 0.15) is 12.8 Å². The minimum atomic E-state index is -0.0621. The van der Waals surface area contributed by atoms with Gasteiger partial charge in [-0.2, -0.15) is 0 Å². The molecule has 1 aliphatic rings. The molecule has 20 heavy (non-hydrogen) atoms. The maximum atomic E-state index is 11.7. The number of aromatic nitrogens is 2. The number of carbonyl (C=O) groups is 1. The van der Waals surface area contributed by atoms with Crippen LogP contribution < -0.4 is 10.6 Å². The van der Waals surface area contributed by atoms with Gasteiger partial charge in [0.1, 0.15) is 0 Å². The highest BCUT2D eigenvalue weighted by Gasteiger charge is 2.21. The fraction of sp³-hybridized carbons (Fsp3) is 0.267. The van der Waals surface area contributed by atoms with Crippen molar-refractivity contribution in [3.05, 3.63) is 42.7 Å². The highest BCUT2D eigenvalue weighted by atomic mass is 16.1. The lowest BCUT2D eigenvalue weighted by Crippen LogP contribution is -2.29. The molecule has 0 spiro atoms. The summed E-state index contributed by atoms with van der Waals surface area (Å²) in [5.74, 6) is 0.590. The van der Waals surface area contributed by atoms with Crippen LogP contribution >= 0.6 is 0 Å². The Bertz CT molecular complexity index is 579. The first kappa shape index (κ1) is 12.7. The second-order valence-electron chi connectivity index (χ2n) is 4.86. The Morgan fingerprint density at radius 1 is 1.15 bits per heavy atom. The van der Waals surface area contributed by atoms with Crippen molar-refractivity contribution in [1.82, 2.24) is 15.3 Å². The average molecular weight is 268 g/mol. The topological polar surface area (TPSA) is 66.9 Å². The van der Waals surface area contributed by atoms with Gasteiger partial charge in [-0.15, -0.1) is 0 Å². The van der Waals surface area contributed by atoms with Gasteiger partial charge in [-0.1, -0.05) is 30.3 Å². The normalized spacial score (nSPS) is 14.0.